The number of furan rings is 2. The lowest BCUT2D eigenvalue weighted by Gasteiger charge is -2.33. The third-order valence-electron chi connectivity index (χ3n) is 15.9. The second kappa shape index (κ2) is 15.9. The lowest BCUT2D eigenvalue weighted by atomic mass is 9.70. The Labute approximate surface area is 431 Å². The first-order valence-electron chi connectivity index (χ1n) is 25.5. The molecule has 6 heteroatoms. The molecular formula is C69H46F2N2O2. The van der Waals surface area contributed by atoms with Gasteiger partial charge in [0.2, 0.25) is 0 Å². The molecule has 2 aliphatic rings. The molecule has 0 aliphatic heterocycles. The van der Waals surface area contributed by atoms with Crippen molar-refractivity contribution in [3.63, 3.8) is 0 Å². The van der Waals surface area contributed by atoms with E-state index in [-0.39, 0.29) is 17.0 Å². The van der Waals surface area contributed by atoms with Crippen molar-refractivity contribution in [2.75, 3.05) is 9.80 Å². The highest BCUT2D eigenvalue weighted by Crippen LogP contribution is 2.68. The van der Waals surface area contributed by atoms with Crippen molar-refractivity contribution < 1.29 is 17.6 Å². The Bertz CT molecular complexity index is 4470. The molecular weight excluding hydrogens is 927 g/mol. The van der Waals surface area contributed by atoms with Gasteiger partial charge in [-0.1, -0.05) is 172 Å². The van der Waals surface area contributed by atoms with Crippen LogP contribution in [0.3, 0.4) is 0 Å². The molecule has 2 aliphatic carbocycles. The number of hydrogen-bond acceptors (Lipinski definition) is 4. The fraction of sp³-hybridized carbons (Fsp3) is 0.0725. The summed E-state index contributed by atoms with van der Waals surface area (Å²) in [5.41, 5.74) is 14.9. The molecule has 358 valence electrons. The second-order valence-electron chi connectivity index (χ2n) is 21.0. The summed E-state index contributed by atoms with van der Waals surface area (Å²) >= 11 is 0. The van der Waals surface area contributed by atoms with Crippen LogP contribution in [-0.2, 0) is 10.8 Å². The highest BCUT2D eigenvalue weighted by atomic mass is 19.1. The van der Waals surface area contributed by atoms with Crippen LogP contribution in [0.5, 0.6) is 0 Å². The number of anilines is 6. The first kappa shape index (κ1) is 43.3. The van der Waals surface area contributed by atoms with Crippen LogP contribution in [0.1, 0.15) is 48.6 Å². The molecule has 0 radical (unpaired) electrons. The van der Waals surface area contributed by atoms with Crippen LogP contribution >= 0.6 is 0 Å². The van der Waals surface area contributed by atoms with Crippen LogP contribution in [-0.4, -0.2) is 0 Å². The van der Waals surface area contributed by atoms with Crippen LogP contribution in [0.2, 0.25) is 0 Å². The minimum Gasteiger partial charge on any atom is -0.455 e. The van der Waals surface area contributed by atoms with E-state index in [0.717, 1.165) is 93.9 Å². The lowest BCUT2D eigenvalue weighted by molar-refractivity contribution is 0.590. The lowest BCUT2D eigenvalue weighted by Crippen LogP contribution is -2.27. The maximum Gasteiger partial charge on any atom is 0.160 e. The smallest absolute Gasteiger partial charge is 0.160 e. The molecule has 0 bridgehead atoms. The van der Waals surface area contributed by atoms with Gasteiger partial charge in [-0.25, -0.2) is 8.78 Å². The molecule has 0 amide bonds. The van der Waals surface area contributed by atoms with Crippen molar-refractivity contribution in [2.24, 2.45) is 0 Å². The summed E-state index contributed by atoms with van der Waals surface area (Å²) in [5.74, 6) is -0.728. The summed E-state index contributed by atoms with van der Waals surface area (Å²) in [4.78, 5) is 4.10. The maximum absolute atomic E-state index is 17.0. The zero-order valence-electron chi connectivity index (χ0n) is 41.3. The highest BCUT2D eigenvalue weighted by Gasteiger charge is 2.54. The Morgan fingerprint density at radius 1 is 0.387 bits per heavy atom. The van der Waals surface area contributed by atoms with Crippen LogP contribution in [0, 0.1) is 11.6 Å². The highest BCUT2D eigenvalue weighted by molar-refractivity contribution is 6.26. The summed E-state index contributed by atoms with van der Waals surface area (Å²) in [7, 11) is 0. The van der Waals surface area contributed by atoms with Crippen molar-refractivity contribution in [1.29, 1.82) is 0 Å². The van der Waals surface area contributed by atoms with E-state index in [0.29, 0.717) is 39.4 Å². The van der Waals surface area contributed by atoms with Crippen LogP contribution < -0.4 is 9.80 Å². The number of hydrogen-bond donors (Lipinski definition) is 0. The van der Waals surface area contributed by atoms with Gasteiger partial charge < -0.3 is 18.6 Å². The van der Waals surface area contributed by atoms with Crippen LogP contribution in [0.25, 0.3) is 76.9 Å². The predicted octanol–water partition coefficient (Wildman–Crippen LogP) is 19.5. The molecule has 11 aromatic carbocycles. The van der Waals surface area contributed by atoms with E-state index in [9.17, 15) is 0 Å². The van der Waals surface area contributed by atoms with Gasteiger partial charge in [-0.15, -0.1) is 0 Å². The summed E-state index contributed by atoms with van der Waals surface area (Å²) in [6, 6.07) is 75.4. The zero-order chi connectivity index (χ0) is 50.3. The van der Waals surface area contributed by atoms with Crippen molar-refractivity contribution >= 4 is 88.8 Å². The Balaban J connectivity index is 1.15. The number of para-hydroxylation sites is 4. The van der Waals surface area contributed by atoms with E-state index in [1.165, 1.54) is 17.7 Å². The van der Waals surface area contributed by atoms with E-state index in [1.807, 2.05) is 71.6 Å². The van der Waals surface area contributed by atoms with Gasteiger partial charge in [0, 0.05) is 38.7 Å². The summed E-state index contributed by atoms with van der Waals surface area (Å²) in [6.07, 6.45) is 0. The number of rotatable bonds is 6. The fourth-order valence-electron chi connectivity index (χ4n) is 12.7. The van der Waals surface area contributed by atoms with Gasteiger partial charge in [0.15, 0.2) is 5.58 Å². The molecule has 0 atom stereocenters. The average molecular weight is 973 g/mol. The summed E-state index contributed by atoms with van der Waals surface area (Å²) in [6.45, 7) is 6.61. The van der Waals surface area contributed by atoms with Crippen LogP contribution in [0.15, 0.2) is 233 Å². The summed E-state index contributed by atoms with van der Waals surface area (Å²) < 4.78 is 48.6. The normalized spacial score (nSPS) is 13.2. The molecule has 0 unspecified atom stereocenters. The number of halogens is 2. The van der Waals surface area contributed by atoms with Gasteiger partial charge in [-0.05, 0) is 128 Å². The minimum absolute atomic E-state index is 0.109. The Hall–Kier alpha value is -9.26. The number of fused-ring (bicyclic) bond motifs is 19. The van der Waals surface area contributed by atoms with Gasteiger partial charge in [0.05, 0.1) is 33.6 Å². The summed E-state index contributed by atoms with van der Waals surface area (Å²) in [5, 5.41) is 5.65. The SMILES string of the molecule is CC(C)(C)c1ccc(N(c2ccccc2F)c2cc3c(c4oc5ccccc5c24)-c2c(cc(N(c4ccc5ccccc5c4)c4ccccc4F)c4oc5ccccc5c24)C32c3ccccc3-c3ccccc32)cc1. The van der Waals surface area contributed by atoms with Gasteiger partial charge in [-0.3, -0.25) is 0 Å². The largest absolute Gasteiger partial charge is 0.455 e. The zero-order valence-corrected chi connectivity index (χ0v) is 41.3. The van der Waals surface area contributed by atoms with E-state index in [1.54, 1.807) is 12.1 Å². The standard InChI is InChI=1S/C69H46F2N2O2/c1-68(2,3)43-33-36-44(37-34-43)72(56-28-14-12-26-54(56)70)58-39-53-65(67-62(58)48-22-8-16-30-60(48)75-67)64-52(69(53)50-24-10-6-20-46(50)47-21-7-11-25-51(47)69)40-59(66-63(64)49-23-9-17-31-61(49)74-66)73(57-29-15-13-27-55(57)71)45-35-32-41-18-4-5-19-42(41)38-45/h4-40H,1-3H3. The van der Waals surface area contributed by atoms with Gasteiger partial charge in [0.25, 0.3) is 0 Å². The molecule has 0 fully saturated rings. The van der Waals surface area contributed by atoms with Crippen molar-refractivity contribution in [3.8, 4) is 22.3 Å². The van der Waals surface area contributed by atoms with Gasteiger partial charge >= 0.3 is 0 Å². The molecule has 2 heterocycles. The molecule has 0 saturated heterocycles. The Morgan fingerprint density at radius 2 is 0.880 bits per heavy atom. The monoisotopic (exact) mass is 972 g/mol. The Kier molecular flexibility index (Phi) is 9.17. The number of benzene rings is 11. The third kappa shape index (κ3) is 6.08. The van der Waals surface area contributed by atoms with E-state index in [2.05, 4.69) is 159 Å². The molecule has 15 rings (SSSR count). The molecule has 13 aromatic rings. The Morgan fingerprint density at radius 3 is 1.52 bits per heavy atom. The topological polar surface area (TPSA) is 32.8 Å². The van der Waals surface area contributed by atoms with Crippen LogP contribution in [0.4, 0.5) is 42.9 Å². The first-order chi connectivity index (χ1) is 36.7. The predicted molar refractivity (Wildman–Crippen MR) is 303 cm³/mol. The molecule has 4 nitrogen and oxygen atoms in total. The quantitative estimate of drug-likeness (QED) is 0.166. The van der Waals surface area contributed by atoms with E-state index < -0.39 is 5.41 Å². The number of nitrogens with zero attached hydrogens (tertiary/aromatic N) is 2. The van der Waals surface area contributed by atoms with Crippen molar-refractivity contribution in [2.45, 2.75) is 31.6 Å². The molecule has 75 heavy (non-hydrogen) atoms. The van der Waals surface area contributed by atoms with E-state index in [4.69, 9.17) is 8.83 Å². The van der Waals surface area contributed by atoms with Gasteiger partial charge in [-0.2, -0.15) is 0 Å². The molecule has 1 spiro atoms. The first-order valence-corrected chi connectivity index (χ1v) is 25.5. The molecule has 0 N–H and O–H groups in total. The van der Waals surface area contributed by atoms with Gasteiger partial charge in [0.1, 0.15) is 28.4 Å². The molecule has 2 aromatic heterocycles. The minimum atomic E-state index is -0.984. The van der Waals surface area contributed by atoms with Crippen molar-refractivity contribution in [1.82, 2.24) is 0 Å². The van der Waals surface area contributed by atoms with Crippen molar-refractivity contribution in [3.05, 3.63) is 264 Å². The maximum atomic E-state index is 17.0. The third-order valence-corrected chi connectivity index (χ3v) is 15.9. The van der Waals surface area contributed by atoms with E-state index >= 15 is 8.78 Å². The second-order valence-corrected chi connectivity index (χ2v) is 21.0. The molecule has 0 saturated carbocycles. The fourth-order valence-corrected chi connectivity index (χ4v) is 12.7. The average Bonchev–Trinajstić information content (AvgIpc) is 4.38.